The van der Waals surface area contributed by atoms with Crippen LogP contribution in [-0.2, 0) is 13.8 Å². The van der Waals surface area contributed by atoms with Crippen molar-refractivity contribution < 1.29 is 13.2 Å². The fourth-order valence-corrected chi connectivity index (χ4v) is 3.52. The van der Waals surface area contributed by atoms with E-state index in [1.807, 2.05) is 6.92 Å². The fourth-order valence-electron chi connectivity index (χ4n) is 1.99. The largest absolute Gasteiger partial charge is 0.326 e. The molecular weight excluding hydrogens is 333 g/mol. The molecule has 1 aromatic carbocycles. The molecule has 0 aliphatic rings. The summed E-state index contributed by atoms with van der Waals surface area (Å²) in [6.07, 6.45) is 3.63. The van der Waals surface area contributed by atoms with Crippen LogP contribution < -0.4 is 5.32 Å². The first kappa shape index (κ1) is 18.3. The van der Waals surface area contributed by atoms with Crippen molar-refractivity contribution in [3.8, 4) is 0 Å². The van der Waals surface area contributed by atoms with Gasteiger partial charge in [-0.3, -0.25) is 4.79 Å². The summed E-state index contributed by atoms with van der Waals surface area (Å²) in [7, 11) is 1.37. The normalized spacial score (nSPS) is 13.0. The van der Waals surface area contributed by atoms with Gasteiger partial charge in [-0.2, -0.15) is 0 Å². The lowest BCUT2D eigenvalue weighted by Gasteiger charge is -2.15. The predicted molar refractivity (Wildman–Crippen MR) is 86.4 cm³/mol. The standard InChI is InChI=1S/C14H19Cl2NO3S/c1-3-5-6-10(4-2)14(18)17-11-7-8-13(12(15)9-11)21(16,19)20/h7-10H,3-6H2,1-2H3,(H,17,18). The van der Waals surface area contributed by atoms with E-state index in [0.717, 1.165) is 25.7 Å². The number of carbonyl (C=O) groups is 1. The second-order valence-corrected chi connectivity index (χ2v) is 7.76. The van der Waals surface area contributed by atoms with E-state index >= 15 is 0 Å². The Hall–Kier alpha value is -0.780. The van der Waals surface area contributed by atoms with Crippen LogP contribution in [0.3, 0.4) is 0 Å². The maximum absolute atomic E-state index is 12.1. The van der Waals surface area contributed by atoms with Crippen LogP contribution in [-0.4, -0.2) is 14.3 Å². The Morgan fingerprint density at radius 3 is 2.48 bits per heavy atom. The Kier molecular flexibility index (Phi) is 6.97. The molecule has 1 aromatic rings. The molecule has 0 heterocycles. The van der Waals surface area contributed by atoms with Crippen molar-refractivity contribution in [3.05, 3.63) is 23.2 Å². The maximum atomic E-state index is 12.1. The number of benzene rings is 1. The molecule has 0 aliphatic heterocycles. The Balaban J connectivity index is 2.84. The van der Waals surface area contributed by atoms with Crippen LogP contribution in [0.25, 0.3) is 0 Å². The van der Waals surface area contributed by atoms with Gasteiger partial charge in [-0.05, 0) is 31.0 Å². The molecular formula is C14H19Cl2NO3S. The SMILES string of the molecule is CCCCC(CC)C(=O)Nc1ccc(S(=O)(=O)Cl)c(Cl)c1. The molecule has 0 spiro atoms. The van der Waals surface area contributed by atoms with Crippen molar-refractivity contribution in [1.29, 1.82) is 0 Å². The van der Waals surface area contributed by atoms with Gasteiger partial charge in [0, 0.05) is 22.3 Å². The molecule has 0 aromatic heterocycles. The van der Waals surface area contributed by atoms with E-state index < -0.39 is 9.05 Å². The van der Waals surface area contributed by atoms with Crippen LogP contribution in [0.4, 0.5) is 5.69 Å². The van der Waals surface area contributed by atoms with Crippen LogP contribution in [0.15, 0.2) is 23.1 Å². The van der Waals surface area contributed by atoms with Gasteiger partial charge in [-0.15, -0.1) is 0 Å². The van der Waals surface area contributed by atoms with Gasteiger partial charge in [0.15, 0.2) is 0 Å². The van der Waals surface area contributed by atoms with E-state index in [4.69, 9.17) is 22.3 Å². The number of anilines is 1. The first-order chi connectivity index (χ1) is 9.79. The van der Waals surface area contributed by atoms with Crippen molar-refractivity contribution >= 4 is 42.9 Å². The highest BCUT2D eigenvalue weighted by Gasteiger charge is 2.18. The van der Waals surface area contributed by atoms with Crippen LogP contribution in [0.5, 0.6) is 0 Å². The molecule has 1 amide bonds. The summed E-state index contributed by atoms with van der Waals surface area (Å²) >= 11 is 5.88. The quantitative estimate of drug-likeness (QED) is 0.739. The second-order valence-electron chi connectivity index (χ2n) is 4.82. The third-order valence-corrected chi connectivity index (χ3v) is 5.04. The third kappa shape index (κ3) is 5.49. The number of unbranched alkanes of at least 4 members (excludes halogenated alkanes) is 1. The molecule has 1 N–H and O–H groups in total. The zero-order valence-corrected chi connectivity index (χ0v) is 14.4. The molecule has 7 heteroatoms. The monoisotopic (exact) mass is 351 g/mol. The lowest BCUT2D eigenvalue weighted by atomic mass is 9.98. The lowest BCUT2D eigenvalue weighted by molar-refractivity contribution is -0.120. The summed E-state index contributed by atoms with van der Waals surface area (Å²) < 4.78 is 22.5. The fraction of sp³-hybridized carbons (Fsp3) is 0.500. The van der Waals surface area contributed by atoms with E-state index in [9.17, 15) is 13.2 Å². The van der Waals surface area contributed by atoms with Crippen LogP contribution in [0.2, 0.25) is 5.02 Å². The summed E-state index contributed by atoms with van der Waals surface area (Å²) in [5.41, 5.74) is 0.462. The van der Waals surface area contributed by atoms with Gasteiger partial charge in [0.05, 0.1) is 5.02 Å². The third-order valence-electron chi connectivity index (χ3n) is 3.23. The molecule has 0 fully saturated rings. The number of amides is 1. The second kappa shape index (κ2) is 8.01. The van der Waals surface area contributed by atoms with Crippen molar-refractivity contribution in [3.63, 3.8) is 0 Å². The highest BCUT2D eigenvalue weighted by Crippen LogP contribution is 2.28. The van der Waals surface area contributed by atoms with Gasteiger partial charge in [-0.25, -0.2) is 8.42 Å². The van der Waals surface area contributed by atoms with Gasteiger partial charge in [0.1, 0.15) is 4.90 Å². The summed E-state index contributed by atoms with van der Waals surface area (Å²) in [6, 6.07) is 4.15. The van der Waals surface area contributed by atoms with Crippen LogP contribution >= 0.6 is 22.3 Å². The molecule has 0 bridgehead atoms. The van der Waals surface area contributed by atoms with Gasteiger partial charge >= 0.3 is 0 Å². The van der Waals surface area contributed by atoms with Gasteiger partial charge < -0.3 is 5.32 Å². The maximum Gasteiger partial charge on any atom is 0.262 e. The number of rotatable bonds is 7. The van der Waals surface area contributed by atoms with Crippen LogP contribution in [0, 0.1) is 5.92 Å². The summed E-state index contributed by atoms with van der Waals surface area (Å²) in [5, 5.41) is 2.75. The van der Waals surface area contributed by atoms with Crippen molar-refractivity contribution in [2.75, 3.05) is 5.32 Å². The molecule has 0 radical (unpaired) electrons. The Labute approximate surface area is 135 Å². The smallest absolute Gasteiger partial charge is 0.262 e. The van der Waals surface area contributed by atoms with Gasteiger partial charge in [0.2, 0.25) is 5.91 Å². The number of carbonyl (C=O) groups excluding carboxylic acids is 1. The zero-order valence-electron chi connectivity index (χ0n) is 12.0. The molecule has 1 unspecified atom stereocenters. The number of halogens is 2. The Morgan fingerprint density at radius 1 is 1.33 bits per heavy atom. The van der Waals surface area contributed by atoms with Crippen LogP contribution in [0.1, 0.15) is 39.5 Å². The first-order valence-electron chi connectivity index (χ1n) is 6.84. The van der Waals surface area contributed by atoms with Gasteiger partial charge in [-0.1, -0.05) is 38.3 Å². The van der Waals surface area contributed by atoms with E-state index in [1.165, 1.54) is 18.2 Å². The topological polar surface area (TPSA) is 63.2 Å². The van der Waals surface area contributed by atoms with Crippen molar-refractivity contribution in [2.45, 2.75) is 44.4 Å². The minimum Gasteiger partial charge on any atom is -0.326 e. The van der Waals surface area contributed by atoms with E-state index in [2.05, 4.69) is 12.2 Å². The minimum absolute atomic E-state index is 0.00981. The molecule has 0 saturated heterocycles. The average Bonchev–Trinajstić information content (AvgIpc) is 2.38. The molecule has 118 valence electrons. The van der Waals surface area contributed by atoms with E-state index in [0.29, 0.717) is 5.69 Å². The van der Waals surface area contributed by atoms with Crippen molar-refractivity contribution in [2.24, 2.45) is 5.92 Å². The molecule has 1 rings (SSSR count). The molecule has 1 atom stereocenters. The van der Waals surface area contributed by atoms with Gasteiger partial charge in [0.25, 0.3) is 9.05 Å². The Bertz CT molecular complexity index is 602. The number of hydrogen-bond donors (Lipinski definition) is 1. The summed E-state index contributed by atoms with van der Waals surface area (Å²) in [4.78, 5) is 12.0. The lowest BCUT2D eigenvalue weighted by Crippen LogP contribution is -2.22. The molecule has 4 nitrogen and oxygen atoms in total. The molecule has 0 saturated carbocycles. The summed E-state index contributed by atoms with van der Waals surface area (Å²) in [5.74, 6) is -0.136. The molecule has 0 aliphatic carbocycles. The first-order valence-corrected chi connectivity index (χ1v) is 9.53. The highest BCUT2D eigenvalue weighted by atomic mass is 35.7. The zero-order chi connectivity index (χ0) is 16.0. The number of hydrogen-bond acceptors (Lipinski definition) is 3. The summed E-state index contributed by atoms with van der Waals surface area (Å²) in [6.45, 7) is 4.05. The van der Waals surface area contributed by atoms with E-state index in [1.54, 1.807) is 0 Å². The number of nitrogens with one attached hydrogen (secondary N) is 1. The predicted octanol–water partition coefficient (Wildman–Crippen LogP) is 4.42. The minimum atomic E-state index is -3.88. The Morgan fingerprint density at radius 2 is 2.00 bits per heavy atom. The van der Waals surface area contributed by atoms with E-state index in [-0.39, 0.29) is 21.7 Å². The molecule has 21 heavy (non-hydrogen) atoms. The average molecular weight is 352 g/mol. The highest BCUT2D eigenvalue weighted by molar-refractivity contribution is 8.13. The van der Waals surface area contributed by atoms with Crippen molar-refractivity contribution in [1.82, 2.24) is 0 Å².